The molecule has 0 saturated heterocycles. The Labute approximate surface area is 145 Å². The van der Waals surface area contributed by atoms with Gasteiger partial charge in [-0.05, 0) is 55.8 Å². The Hall–Kier alpha value is -2.40. The number of fused-ring (bicyclic) bond motifs is 1. The Morgan fingerprint density at radius 3 is 2.50 bits per heavy atom. The van der Waals surface area contributed by atoms with Gasteiger partial charge in [0.15, 0.2) is 4.80 Å². The van der Waals surface area contributed by atoms with E-state index in [0.717, 1.165) is 27.3 Å². The van der Waals surface area contributed by atoms with Crippen molar-refractivity contribution in [3.05, 3.63) is 58.4 Å². The van der Waals surface area contributed by atoms with Gasteiger partial charge in [0, 0.05) is 31.9 Å². The Kier molecular flexibility index (Phi) is 4.53. The van der Waals surface area contributed by atoms with Gasteiger partial charge < -0.3 is 9.47 Å². The van der Waals surface area contributed by atoms with E-state index in [1.165, 1.54) is 5.56 Å². The lowest BCUT2D eigenvalue weighted by Gasteiger charge is -2.11. The van der Waals surface area contributed by atoms with Crippen molar-refractivity contribution in [2.24, 2.45) is 4.99 Å². The third-order valence-electron chi connectivity index (χ3n) is 3.98. The number of carbonyl (C=O) groups is 1. The lowest BCUT2D eigenvalue weighted by molar-refractivity contribution is 0.0998. The smallest absolute Gasteiger partial charge is 0.279 e. The fourth-order valence-electron chi connectivity index (χ4n) is 2.62. The van der Waals surface area contributed by atoms with Crippen LogP contribution < -0.4 is 9.70 Å². The number of amides is 1. The van der Waals surface area contributed by atoms with Crippen LogP contribution in [0, 0.1) is 6.92 Å². The van der Waals surface area contributed by atoms with Crippen LogP contribution in [0.15, 0.2) is 47.5 Å². The van der Waals surface area contributed by atoms with E-state index in [0.29, 0.717) is 5.56 Å². The van der Waals surface area contributed by atoms with Gasteiger partial charge >= 0.3 is 0 Å². The van der Waals surface area contributed by atoms with Crippen LogP contribution in [0.25, 0.3) is 10.2 Å². The van der Waals surface area contributed by atoms with Gasteiger partial charge in [-0.3, -0.25) is 4.79 Å². The quantitative estimate of drug-likeness (QED) is 0.727. The highest BCUT2D eigenvalue weighted by Gasteiger charge is 2.09. The zero-order chi connectivity index (χ0) is 17.3. The van der Waals surface area contributed by atoms with E-state index in [4.69, 9.17) is 0 Å². The maximum absolute atomic E-state index is 12.5. The van der Waals surface area contributed by atoms with E-state index in [2.05, 4.69) is 41.6 Å². The third-order valence-corrected chi connectivity index (χ3v) is 5.02. The number of benzene rings is 2. The second-order valence-corrected chi connectivity index (χ2v) is 6.97. The van der Waals surface area contributed by atoms with Crippen LogP contribution >= 0.6 is 11.3 Å². The summed E-state index contributed by atoms with van der Waals surface area (Å²) < 4.78 is 3.25. The molecular weight excluding hydrogens is 318 g/mol. The van der Waals surface area contributed by atoms with Gasteiger partial charge in [0.1, 0.15) is 0 Å². The molecule has 0 aliphatic carbocycles. The summed E-state index contributed by atoms with van der Waals surface area (Å²) in [5.41, 5.74) is 4.01. The zero-order valence-corrected chi connectivity index (χ0v) is 15.2. The molecule has 0 N–H and O–H groups in total. The summed E-state index contributed by atoms with van der Waals surface area (Å²) in [5.74, 6) is -0.203. The van der Waals surface area contributed by atoms with Crippen molar-refractivity contribution < 1.29 is 4.79 Å². The molecular formula is C19H21N3OS. The highest BCUT2D eigenvalue weighted by molar-refractivity contribution is 7.16. The molecule has 0 unspecified atom stereocenters. The van der Waals surface area contributed by atoms with E-state index < -0.39 is 0 Å². The minimum atomic E-state index is -0.203. The summed E-state index contributed by atoms with van der Waals surface area (Å²) in [6.07, 6.45) is 0. The summed E-state index contributed by atoms with van der Waals surface area (Å²) in [5, 5.41) is 0. The normalized spacial score (nSPS) is 11.9. The molecule has 1 heterocycles. The fraction of sp³-hybridized carbons (Fsp3) is 0.263. The summed E-state index contributed by atoms with van der Waals surface area (Å²) in [6.45, 7) is 4.93. The SMILES string of the molecule is CCn1c(=NC(=O)c2ccc(N(C)C)cc2)sc2cc(C)ccc21. The highest BCUT2D eigenvalue weighted by Crippen LogP contribution is 2.19. The molecule has 0 bridgehead atoms. The second kappa shape index (κ2) is 6.61. The number of hydrogen-bond acceptors (Lipinski definition) is 3. The predicted molar refractivity (Wildman–Crippen MR) is 101 cm³/mol. The van der Waals surface area contributed by atoms with Crippen LogP contribution in [0.2, 0.25) is 0 Å². The molecule has 4 nitrogen and oxygen atoms in total. The molecule has 0 fully saturated rings. The standard InChI is InChI=1S/C19H21N3OS/c1-5-22-16-11-6-13(2)12-17(16)24-19(22)20-18(23)14-7-9-15(10-8-14)21(3)4/h6-12H,5H2,1-4H3. The third kappa shape index (κ3) is 3.12. The van der Waals surface area contributed by atoms with E-state index >= 15 is 0 Å². The van der Waals surface area contributed by atoms with Gasteiger partial charge in [-0.2, -0.15) is 4.99 Å². The van der Waals surface area contributed by atoms with Crippen molar-refractivity contribution in [2.75, 3.05) is 19.0 Å². The van der Waals surface area contributed by atoms with Gasteiger partial charge in [0.2, 0.25) is 0 Å². The number of nitrogens with zero attached hydrogens (tertiary/aromatic N) is 3. The fourth-order valence-corrected chi connectivity index (χ4v) is 3.82. The Balaban J connectivity index is 2.04. The zero-order valence-electron chi connectivity index (χ0n) is 14.4. The van der Waals surface area contributed by atoms with Crippen molar-refractivity contribution in [3.63, 3.8) is 0 Å². The minimum Gasteiger partial charge on any atom is -0.378 e. The van der Waals surface area contributed by atoms with Crippen molar-refractivity contribution in [1.29, 1.82) is 0 Å². The van der Waals surface area contributed by atoms with Crippen LogP contribution in [0.3, 0.4) is 0 Å². The van der Waals surface area contributed by atoms with E-state index in [1.54, 1.807) is 11.3 Å². The molecule has 124 valence electrons. The van der Waals surface area contributed by atoms with Crippen molar-refractivity contribution in [1.82, 2.24) is 4.57 Å². The summed E-state index contributed by atoms with van der Waals surface area (Å²) in [4.78, 5) is 19.6. The molecule has 0 aliphatic rings. The van der Waals surface area contributed by atoms with E-state index in [9.17, 15) is 4.79 Å². The summed E-state index contributed by atoms with van der Waals surface area (Å²) in [7, 11) is 3.95. The van der Waals surface area contributed by atoms with Gasteiger partial charge in [0.05, 0.1) is 10.2 Å². The van der Waals surface area contributed by atoms with Gasteiger partial charge in [0.25, 0.3) is 5.91 Å². The molecule has 0 radical (unpaired) electrons. The van der Waals surface area contributed by atoms with Crippen LogP contribution in [0.4, 0.5) is 5.69 Å². The Morgan fingerprint density at radius 2 is 1.88 bits per heavy atom. The molecule has 0 spiro atoms. The predicted octanol–water partition coefficient (Wildman–Crippen LogP) is 3.84. The first-order chi connectivity index (χ1) is 11.5. The Bertz CT molecular complexity index is 949. The lowest BCUT2D eigenvalue weighted by atomic mass is 10.2. The van der Waals surface area contributed by atoms with E-state index in [-0.39, 0.29) is 5.91 Å². The van der Waals surface area contributed by atoms with Gasteiger partial charge in [-0.1, -0.05) is 17.4 Å². The van der Waals surface area contributed by atoms with Crippen LogP contribution in [-0.4, -0.2) is 24.6 Å². The number of hydrogen-bond donors (Lipinski definition) is 0. The summed E-state index contributed by atoms with van der Waals surface area (Å²) in [6, 6.07) is 13.9. The largest absolute Gasteiger partial charge is 0.378 e. The number of rotatable bonds is 3. The van der Waals surface area contributed by atoms with Crippen molar-refractivity contribution >= 4 is 33.1 Å². The molecule has 1 aromatic heterocycles. The molecule has 3 aromatic rings. The number of carbonyl (C=O) groups excluding carboxylic acids is 1. The minimum absolute atomic E-state index is 0.203. The van der Waals surface area contributed by atoms with E-state index in [1.807, 2.05) is 43.3 Å². The lowest BCUT2D eigenvalue weighted by Crippen LogP contribution is -2.16. The van der Waals surface area contributed by atoms with Crippen LogP contribution in [-0.2, 0) is 6.54 Å². The average Bonchev–Trinajstić information content (AvgIpc) is 2.90. The molecule has 0 atom stereocenters. The maximum atomic E-state index is 12.5. The Morgan fingerprint density at radius 1 is 1.17 bits per heavy atom. The van der Waals surface area contributed by atoms with Crippen LogP contribution in [0.5, 0.6) is 0 Å². The molecule has 24 heavy (non-hydrogen) atoms. The first-order valence-corrected chi connectivity index (χ1v) is 8.77. The average molecular weight is 339 g/mol. The second-order valence-electron chi connectivity index (χ2n) is 5.96. The van der Waals surface area contributed by atoms with Crippen LogP contribution in [0.1, 0.15) is 22.8 Å². The summed E-state index contributed by atoms with van der Waals surface area (Å²) >= 11 is 1.56. The maximum Gasteiger partial charge on any atom is 0.279 e. The molecule has 2 aromatic carbocycles. The first-order valence-electron chi connectivity index (χ1n) is 7.96. The number of aryl methyl sites for hydroxylation is 2. The van der Waals surface area contributed by atoms with Crippen molar-refractivity contribution in [3.8, 4) is 0 Å². The topological polar surface area (TPSA) is 37.6 Å². The first kappa shape index (κ1) is 16.5. The molecule has 5 heteroatoms. The number of aromatic nitrogens is 1. The monoisotopic (exact) mass is 339 g/mol. The molecule has 1 amide bonds. The number of anilines is 1. The van der Waals surface area contributed by atoms with Gasteiger partial charge in [-0.15, -0.1) is 0 Å². The number of thiazole rings is 1. The highest BCUT2D eigenvalue weighted by atomic mass is 32.1. The molecule has 0 saturated carbocycles. The van der Waals surface area contributed by atoms with Crippen molar-refractivity contribution in [2.45, 2.75) is 20.4 Å². The molecule has 0 aliphatic heterocycles. The van der Waals surface area contributed by atoms with Gasteiger partial charge in [-0.25, -0.2) is 0 Å². The molecule has 3 rings (SSSR count).